The summed E-state index contributed by atoms with van der Waals surface area (Å²) in [6, 6.07) is 9.07. The number of anilines is 1. The van der Waals surface area contributed by atoms with Gasteiger partial charge in [-0.3, -0.25) is 4.90 Å². The fraction of sp³-hybridized carbons (Fsp3) is 0.647. The molecule has 4 heteroatoms. The van der Waals surface area contributed by atoms with E-state index in [1.165, 1.54) is 12.1 Å². The minimum Gasteiger partial charge on any atom is -0.497 e. The molecule has 0 radical (unpaired) electrons. The molecular formula is C17H29N3O. The first-order chi connectivity index (χ1) is 10.2. The Morgan fingerprint density at radius 1 is 1.14 bits per heavy atom. The van der Waals surface area contributed by atoms with Crippen LogP contribution in [0.3, 0.4) is 0 Å². The number of hydrogen-bond donors (Lipinski definition) is 1. The van der Waals surface area contributed by atoms with Crippen LogP contribution in [0.1, 0.15) is 20.3 Å². The van der Waals surface area contributed by atoms with Crippen LogP contribution < -0.4 is 15.0 Å². The summed E-state index contributed by atoms with van der Waals surface area (Å²) in [6.07, 6.45) is 1.23. The van der Waals surface area contributed by atoms with Gasteiger partial charge in [0.15, 0.2) is 0 Å². The van der Waals surface area contributed by atoms with Gasteiger partial charge in [0.1, 0.15) is 5.75 Å². The van der Waals surface area contributed by atoms with Gasteiger partial charge in [0, 0.05) is 37.9 Å². The molecule has 1 fully saturated rings. The number of nitrogens with zero attached hydrogens (tertiary/aromatic N) is 2. The van der Waals surface area contributed by atoms with Gasteiger partial charge in [-0.05, 0) is 50.7 Å². The molecule has 0 bridgehead atoms. The van der Waals surface area contributed by atoms with Crippen molar-refractivity contribution in [2.24, 2.45) is 0 Å². The van der Waals surface area contributed by atoms with Crippen LogP contribution in [0.15, 0.2) is 24.3 Å². The Kier molecular flexibility index (Phi) is 6.33. The van der Waals surface area contributed by atoms with Gasteiger partial charge in [-0.15, -0.1) is 0 Å². The van der Waals surface area contributed by atoms with Crippen LogP contribution >= 0.6 is 0 Å². The molecule has 0 aliphatic carbocycles. The maximum Gasteiger partial charge on any atom is 0.119 e. The normalized spacial score (nSPS) is 17.8. The molecule has 118 valence electrons. The number of benzene rings is 1. The topological polar surface area (TPSA) is 27.7 Å². The zero-order valence-electron chi connectivity index (χ0n) is 13.6. The Labute approximate surface area is 129 Å². The lowest BCUT2D eigenvalue weighted by Gasteiger charge is -2.39. The van der Waals surface area contributed by atoms with Crippen LogP contribution in [-0.4, -0.2) is 57.3 Å². The molecule has 4 nitrogen and oxygen atoms in total. The SMILES string of the molecule is CCNCCC(C)N1CCN(c2ccc(OC)cc2)CC1. The third-order valence-electron chi connectivity index (χ3n) is 4.36. The molecule has 0 amide bonds. The van der Waals surface area contributed by atoms with E-state index in [1.54, 1.807) is 7.11 Å². The molecule has 1 unspecified atom stereocenters. The summed E-state index contributed by atoms with van der Waals surface area (Å²) in [5, 5.41) is 3.41. The second-order valence-corrected chi connectivity index (χ2v) is 5.71. The summed E-state index contributed by atoms with van der Waals surface area (Å²) in [5.74, 6) is 0.925. The zero-order chi connectivity index (χ0) is 15.1. The average molecular weight is 291 g/mol. The third kappa shape index (κ3) is 4.61. The van der Waals surface area contributed by atoms with E-state index >= 15 is 0 Å². The van der Waals surface area contributed by atoms with E-state index in [1.807, 2.05) is 12.1 Å². The van der Waals surface area contributed by atoms with Gasteiger partial charge in [-0.2, -0.15) is 0 Å². The number of methoxy groups -OCH3 is 1. The van der Waals surface area contributed by atoms with Crippen molar-refractivity contribution in [3.05, 3.63) is 24.3 Å². The Bertz CT molecular complexity index is 399. The summed E-state index contributed by atoms with van der Waals surface area (Å²) < 4.78 is 5.22. The van der Waals surface area contributed by atoms with Gasteiger partial charge >= 0.3 is 0 Å². The first-order valence-corrected chi connectivity index (χ1v) is 8.08. The quantitative estimate of drug-likeness (QED) is 0.780. The van der Waals surface area contributed by atoms with Crippen LogP contribution in [0.2, 0.25) is 0 Å². The number of piperazine rings is 1. The van der Waals surface area contributed by atoms with Crippen LogP contribution in [0.4, 0.5) is 5.69 Å². The Morgan fingerprint density at radius 2 is 1.81 bits per heavy atom. The summed E-state index contributed by atoms with van der Waals surface area (Å²) in [6.45, 7) is 11.2. The Hall–Kier alpha value is -1.26. The Morgan fingerprint density at radius 3 is 2.38 bits per heavy atom. The fourth-order valence-electron chi connectivity index (χ4n) is 2.88. The maximum absolute atomic E-state index is 5.22. The molecule has 1 N–H and O–H groups in total. The minimum absolute atomic E-state index is 0.669. The molecule has 0 spiro atoms. The van der Waals surface area contributed by atoms with Crippen molar-refractivity contribution in [2.45, 2.75) is 26.3 Å². The van der Waals surface area contributed by atoms with E-state index < -0.39 is 0 Å². The minimum atomic E-state index is 0.669. The predicted octanol–water partition coefficient (Wildman–Crippen LogP) is 2.21. The van der Waals surface area contributed by atoms with Crippen LogP contribution in [0.25, 0.3) is 0 Å². The van der Waals surface area contributed by atoms with Crippen molar-refractivity contribution in [2.75, 3.05) is 51.3 Å². The van der Waals surface area contributed by atoms with Crippen LogP contribution in [0.5, 0.6) is 5.75 Å². The molecule has 1 aromatic rings. The van der Waals surface area contributed by atoms with Crippen molar-refractivity contribution >= 4 is 5.69 Å². The third-order valence-corrected chi connectivity index (χ3v) is 4.36. The smallest absolute Gasteiger partial charge is 0.119 e. The van der Waals surface area contributed by atoms with Crippen LogP contribution in [0, 0.1) is 0 Å². The summed E-state index contributed by atoms with van der Waals surface area (Å²) in [7, 11) is 1.71. The van der Waals surface area contributed by atoms with Gasteiger partial charge in [0.05, 0.1) is 7.11 Å². The van der Waals surface area contributed by atoms with Crippen LogP contribution in [-0.2, 0) is 0 Å². The first-order valence-electron chi connectivity index (χ1n) is 8.08. The standard InChI is InChI=1S/C17H29N3O/c1-4-18-10-9-15(2)19-11-13-20(14-12-19)16-5-7-17(21-3)8-6-16/h5-8,15,18H,4,9-14H2,1-3H3. The fourth-order valence-corrected chi connectivity index (χ4v) is 2.88. The highest BCUT2D eigenvalue weighted by Crippen LogP contribution is 2.21. The second-order valence-electron chi connectivity index (χ2n) is 5.71. The number of rotatable bonds is 7. The number of ether oxygens (including phenoxy) is 1. The molecule has 1 heterocycles. The molecule has 0 aromatic heterocycles. The molecule has 0 saturated carbocycles. The van der Waals surface area contributed by atoms with Gasteiger partial charge < -0.3 is 15.0 Å². The first kappa shape index (κ1) is 16.1. The van der Waals surface area contributed by atoms with Gasteiger partial charge in [0.25, 0.3) is 0 Å². The highest BCUT2D eigenvalue weighted by molar-refractivity contribution is 5.49. The zero-order valence-corrected chi connectivity index (χ0v) is 13.6. The molecule has 1 atom stereocenters. The number of nitrogens with one attached hydrogen (secondary N) is 1. The summed E-state index contributed by atoms with van der Waals surface area (Å²) >= 11 is 0. The molecule has 21 heavy (non-hydrogen) atoms. The van der Waals surface area contributed by atoms with Gasteiger partial charge in [0.2, 0.25) is 0 Å². The van der Waals surface area contributed by atoms with Crippen molar-refractivity contribution in [3.8, 4) is 5.75 Å². The van der Waals surface area contributed by atoms with E-state index in [4.69, 9.17) is 4.74 Å². The monoisotopic (exact) mass is 291 g/mol. The van der Waals surface area contributed by atoms with Gasteiger partial charge in [-0.1, -0.05) is 6.92 Å². The molecule has 1 saturated heterocycles. The van der Waals surface area contributed by atoms with Crippen molar-refractivity contribution in [1.29, 1.82) is 0 Å². The highest BCUT2D eigenvalue weighted by atomic mass is 16.5. The van der Waals surface area contributed by atoms with E-state index in [0.717, 1.165) is 45.0 Å². The van der Waals surface area contributed by atoms with E-state index in [-0.39, 0.29) is 0 Å². The maximum atomic E-state index is 5.22. The van der Waals surface area contributed by atoms with E-state index in [9.17, 15) is 0 Å². The van der Waals surface area contributed by atoms with Crippen molar-refractivity contribution in [1.82, 2.24) is 10.2 Å². The van der Waals surface area contributed by atoms with Crippen molar-refractivity contribution in [3.63, 3.8) is 0 Å². The molecule has 1 aliphatic heterocycles. The molecular weight excluding hydrogens is 262 g/mol. The lowest BCUT2D eigenvalue weighted by Crippen LogP contribution is -2.50. The second kappa shape index (κ2) is 8.25. The van der Waals surface area contributed by atoms with E-state index in [2.05, 4.69) is 41.1 Å². The van der Waals surface area contributed by atoms with Crippen molar-refractivity contribution < 1.29 is 4.74 Å². The van der Waals surface area contributed by atoms with Gasteiger partial charge in [-0.25, -0.2) is 0 Å². The molecule has 1 aromatic carbocycles. The Balaban J connectivity index is 1.79. The predicted molar refractivity (Wildman–Crippen MR) is 89.4 cm³/mol. The largest absolute Gasteiger partial charge is 0.497 e. The lowest BCUT2D eigenvalue weighted by molar-refractivity contribution is 0.188. The molecule has 2 rings (SSSR count). The summed E-state index contributed by atoms with van der Waals surface area (Å²) in [5.41, 5.74) is 1.30. The summed E-state index contributed by atoms with van der Waals surface area (Å²) in [4.78, 5) is 5.07. The highest BCUT2D eigenvalue weighted by Gasteiger charge is 2.20. The van der Waals surface area contributed by atoms with E-state index in [0.29, 0.717) is 6.04 Å². The number of hydrogen-bond acceptors (Lipinski definition) is 4. The lowest BCUT2D eigenvalue weighted by atomic mass is 10.1. The molecule has 1 aliphatic rings. The average Bonchev–Trinajstić information content (AvgIpc) is 2.55.